The molecule has 0 N–H and O–H groups in total. The van der Waals surface area contributed by atoms with Crippen LogP contribution in [0, 0.1) is 0 Å². The molecule has 0 radical (unpaired) electrons. The lowest BCUT2D eigenvalue weighted by atomic mass is 10.0. The van der Waals surface area contributed by atoms with Gasteiger partial charge in [-0.3, -0.25) is 0 Å². The summed E-state index contributed by atoms with van der Waals surface area (Å²) in [6.45, 7) is 1.11. The van der Waals surface area contributed by atoms with Crippen LogP contribution in [0.4, 0.5) is 0 Å². The number of methoxy groups -OCH3 is 1. The Morgan fingerprint density at radius 1 is 1.05 bits per heavy atom. The molecule has 0 saturated carbocycles. The Bertz CT molecular complexity index is 658. The van der Waals surface area contributed by atoms with E-state index in [0.717, 1.165) is 16.9 Å². The molecule has 0 amide bonds. The minimum atomic E-state index is -0.380. The summed E-state index contributed by atoms with van der Waals surface area (Å²) >= 11 is 12.7. The van der Waals surface area contributed by atoms with Crippen molar-refractivity contribution in [3.8, 4) is 17.2 Å². The highest BCUT2D eigenvalue weighted by Gasteiger charge is 2.19. The summed E-state index contributed by atoms with van der Waals surface area (Å²) in [5, 5.41) is 0.239. The van der Waals surface area contributed by atoms with E-state index < -0.39 is 0 Å². The molecule has 0 bridgehead atoms. The number of fused-ring (bicyclic) bond motifs is 1. The summed E-state index contributed by atoms with van der Waals surface area (Å²) in [5.74, 6) is 2.16. The van der Waals surface area contributed by atoms with Gasteiger partial charge in [0.15, 0.2) is 11.5 Å². The van der Waals surface area contributed by atoms with Gasteiger partial charge in [0.05, 0.1) is 12.5 Å². The molecule has 3 nitrogen and oxygen atoms in total. The molecule has 5 heteroatoms. The summed E-state index contributed by atoms with van der Waals surface area (Å²) in [5.41, 5.74) is 1.73. The van der Waals surface area contributed by atoms with E-state index in [0.29, 0.717) is 29.7 Å². The van der Waals surface area contributed by atoms with Crippen molar-refractivity contribution in [2.24, 2.45) is 0 Å². The average Bonchev–Trinajstić information content (AvgIpc) is 2.53. The van der Waals surface area contributed by atoms with Gasteiger partial charge in [-0.15, -0.1) is 11.6 Å². The fraction of sp³-hybridized carbons (Fsp3) is 0.250. The first-order valence-electron chi connectivity index (χ1n) is 6.56. The first-order valence-corrected chi connectivity index (χ1v) is 7.37. The maximum absolute atomic E-state index is 6.59. The van der Waals surface area contributed by atoms with Crippen molar-refractivity contribution < 1.29 is 14.2 Å². The third-order valence-corrected chi connectivity index (χ3v) is 4.05. The van der Waals surface area contributed by atoms with Gasteiger partial charge in [-0.25, -0.2) is 0 Å². The predicted octanol–water partition coefficient (Wildman–Crippen LogP) is 4.45. The van der Waals surface area contributed by atoms with E-state index in [4.69, 9.17) is 37.4 Å². The van der Waals surface area contributed by atoms with Gasteiger partial charge in [0.1, 0.15) is 19.0 Å². The van der Waals surface area contributed by atoms with Crippen LogP contribution in [-0.4, -0.2) is 20.3 Å². The maximum Gasteiger partial charge on any atom is 0.161 e. The normalized spacial score (nSPS) is 14.6. The van der Waals surface area contributed by atoms with Gasteiger partial charge in [0.25, 0.3) is 0 Å². The zero-order chi connectivity index (χ0) is 14.8. The van der Waals surface area contributed by atoms with Crippen LogP contribution in [0.2, 0.25) is 5.02 Å². The molecule has 2 aromatic carbocycles. The largest absolute Gasteiger partial charge is 0.496 e. The fourth-order valence-corrected chi connectivity index (χ4v) is 2.79. The van der Waals surface area contributed by atoms with Crippen LogP contribution in [-0.2, 0) is 0 Å². The number of benzene rings is 2. The first-order chi connectivity index (χ1) is 10.2. The van der Waals surface area contributed by atoms with Crippen LogP contribution in [0.5, 0.6) is 17.2 Å². The molecule has 1 unspecified atom stereocenters. The summed E-state index contributed by atoms with van der Waals surface area (Å²) < 4.78 is 16.5. The molecule has 0 saturated heterocycles. The van der Waals surface area contributed by atoms with E-state index in [1.54, 1.807) is 13.2 Å². The lowest BCUT2D eigenvalue weighted by Crippen LogP contribution is -2.15. The SMILES string of the molecule is COc1ccc(Cl)cc1C(Cl)c1ccc2c(c1)OCCO2. The van der Waals surface area contributed by atoms with Crippen molar-refractivity contribution >= 4 is 23.2 Å². The smallest absolute Gasteiger partial charge is 0.161 e. The second-order valence-electron chi connectivity index (χ2n) is 4.65. The summed E-state index contributed by atoms with van der Waals surface area (Å²) in [4.78, 5) is 0. The molecule has 1 heterocycles. The Kier molecular flexibility index (Phi) is 4.13. The molecule has 2 aromatic rings. The number of hydrogen-bond acceptors (Lipinski definition) is 3. The topological polar surface area (TPSA) is 27.7 Å². The van der Waals surface area contributed by atoms with Gasteiger partial charge < -0.3 is 14.2 Å². The molecule has 3 rings (SSSR count). The van der Waals surface area contributed by atoms with Gasteiger partial charge in [0.2, 0.25) is 0 Å². The number of hydrogen-bond donors (Lipinski definition) is 0. The standard InChI is InChI=1S/C16H14Cl2O3/c1-19-13-5-3-11(17)9-12(13)16(18)10-2-4-14-15(8-10)21-7-6-20-14/h2-5,8-9,16H,6-7H2,1H3. The second kappa shape index (κ2) is 6.04. The second-order valence-corrected chi connectivity index (χ2v) is 5.52. The highest BCUT2D eigenvalue weighted by Crippen LogP contribution is 2.40. The minimum Gasteiger partial charge on any atom is -0.496 e. The van der Waals surface area contributed by atoms with E-state index in [2.05, 4.69) is 0 Å². The first kappa shape index (κ1) is 14.4. The van der Waals surface area contributed by atoms with E-state index in [1.165, 1.54) is 0 Å². The third kappa shape index (κ3) is 2.89. The van der Waals surface area contributed by atoms with Crippen molar-refractivity contribution in [3.63, 3.8) is 0 Å². The Balaban J connectivity index is 1.98. The number of halogens is 2. The van der Waals surface area contributed by atoms with Crippen molar-refractivity contribution in [1.29, 1.82) is 0 Å². The maximum atomic E-state index is 6.59. The summed E-state index contributed by atoms with van der Waals surface area (Å²) in [7, 11) is 1.61. The third-order valence-electron chi connectivity index (χ3n) is 3.32. The summed E-state index contributed by atoms with van der Waals surface area (Å²) in [6, 6.07) is 11.1. The van der Waals surface area contributed by atoms with E-state index in [9.17, 15) is 0 Å². The number of rotatable bonds is 3. The van der Waals surface area contributed by atoms with Gasteiger partial charge in [-0.2, -0.15) is 0 Å². The minimum absolute atomic E-state index is 0.380. The van der Waals surface area contributed by atoms with Crippen molar-refractivity contribution in [2.75, 3.05) is 20.3 Å². The molecule has 1 aliphatic rings. The van der Waals surface area contributed by atoms with Crippen molar-refractivity contribution in [2.45, 2.75) is 5.38 Å². The number of alkyl halides is 1. The Morgan fingerprint density at radius 3 is 2.57 bits per heavy atom. The highest BCUT2D eigenvalue weighted by atomic mass is 35.5. The number of ether oxygens (including phenoxy) is 3. The molecule has 0 spiro atoms. The molecular formula is C16H14Cl2O3. The van der Waals surface area contributed by atoms with Gasteiger partial charge >= 0.3 is 0 Å². The van der Waals surface area contributed by atoms with Gasteiger partial charge in [0, 0.05) is 10.6 Å². The van der Waals surface area contributed by atoms with Crippen LogP contribution in [0.1, 0.15) is 16.5 Å². The molecule has 1 aliphatic heterocycles. The van der Waals surface area contributed by atoms with Crippen LogP contribution in [0.3, 0.4) is 0 Å². The van der Waals surface area contributed by atoms with Gasteiger partial charge in [-0.05, 0) is 35.9 Å². The summed E-state index contributed by atoms with van der Waals surface area (Å²) in [6.07, 6.45) is 0. The monoisotopic (exact) mass is 324 g/mol. The van der Waals surface area contributed by atoms with Crippen molar-refractivity contribution in [3.05, 3.63) is 52.5 Å². The van der Waals surface area contributed by atoms with Crippen LogP contribution in [0.25, 0.3) is 0 Å². The Labute approximate surface area is 133 Å². The van der Waals surface area contributed by atoms with E-state index in [-0.39, 0.29) is 5.38 Å². The molecule has 1 atom stereocenters. The lowest BCUT2D eigenvalue weighted by Gasteiger charge is -2.21. The zero-order valence-corrected chi connectivity index (χ0v) is 12.9. The highest BCUT2D eigenvalue weighted by molar-refractivity contribution is 6.31. The molecule has 110 valence electrons. The molecule has 21 heavy (non-hydrogen) atoms. The van der Waals surface area contributed by atoms with E-state index >= 15 is 0 Å². The average molecular weight is 325 g/mol. The lowest BCUT2D eigenvalue weighted by molar-refractivity contribution is 0.171. The van der Waals surface area contributed by atoms with Crippen LogP contribution >= 0.6 is 23.2 Å². The Morgan fingerprint density at radius 2 is 1.81 bits per heavy atom. The van der Waals surface area contributed by atoms with Crippen LogP contribution in [0.15, 0.2) is 36.4 Å². The fourth-order valence-electron chi connectivity index (χ4n) is 2.30. The zero-order valence-electron chi connectivity index (χ0n) is 11.4. The molecule has 0 aromatic heterocycles. The predicted molar refractivity (Wildman–Crippen MR) is 83.1 cm³/mol. The molecular weight excluding hydrogens is 311 g/mol. The Hall–Kier alpha value is -1.58. The van der Waals surface area contributed by atoms with E-state index in [1.807, 2.05) is 30.3 Å². The quantitative estimate of drug-likeness (QED) is 0.781. The van der Waals surface area contributed by atoms with Crippen molar-refractivity contribution in [1.82, 2.24) is 0 Å². The van der Waals surface area contributed by atoms with Crippen LogP contribution < -0.4 is 14.2 Å². The molecule has 0 fully saturated rings. The van der Waals surface area contributed by atoms with Gasteiger partial charge in [-0.1, -0.05) is 17.7 Å². The molecule has 0 aliphatic carbocycles.